The summed E-state index contributed by atoms with van der Waals surface area (Å²) >= 11 is 5.92. The minimum atomic E-state index is -0.0262. The summed E-state index contributed by atoms with van der Waals surface area (Å²) in [4.78, 5) is 18.1. The topological polar surface area (TPSA) is 54.5 Å². The first-order chi connectivity index (χ1) is 8.70. The van der Waals surface area contributed by atoms with Crippen LogP contribution in [0.3, 0.4) is 0 Å². The number of rotatable bonds is 3. The maximum absolute atomic E-state index is 12.3. The number of aromatic nitrogens is 1. The second kappa shape index (κ2) is 6.02. The highest BCUT2D eigenvalue weighted by atomic mass is 35.5. The first-order valence-electron chi connectivity index (χ1n) is 5.99. The van der Waals surface area contributed by atoms with Crippen LogP contribution < -0.4 is 5.32 Å². The number of morpholine rings is 1. The van der Waals surface area contributed by atoms with Crippen LogP contribution in [-0.2, 0) is 4.74 Å². The molecule has 6 heteroatoms. The third kappa shape index (κ3) is 3.11. The van der Waals surface area contributed by atoms with Gasteiger partial charge in [-0.15, -0.1) is 0 Å². The van der Waals surface area contributed by atoms with E-state index in [1.807, 2.05) is 6.92 Å². The Bertz CT molecular complexity index is 433. The highest BCUT2D eigenvalue weighted by molar-refractivity contribution is 6.29. The van der Waals surface area contributed by atoms with Gasteiger partial charge in [-0.25, -0.2) is 4.98 Å². The summed E-state index contributed by atoms with van der Waals surface area (Å²) in [5, 5.41) is 3.38. The molecule has 0 saturated carbocycles. The van der Waals surface area contributed by atoms with Crippen LogP contribution in [0.1, 0.15) is 17.3 Å². The standard InChI is InChI=1S/C12H16ClN3O2/c1-2-14-11-8-9(7-10(13)15-11)12(17)16-3-5-18-6-4-16/h7-8H,2-6H2,1H3,(H,14,15). The Morgan fingerprint density at radius 2 is 2.22 bits per heavy atom. The molecule has 1 saturated heterocycles. The molecule has 2 heterocycles. The summed E-state index contributed by atoms with van der Waals surface area (Å²) in [5.41, 5.74) is 0.563. The Hall–Kier alpha value is -1.33. The number of amides is 1. The molecular weight excluding hydrogens is 254 g/mol. The van der Waals surface area contributed by atoms with Crippen LogP contribution >= 0.6 is 11.6 Å². The van der Waals surface area contributed by atoms with E-state index in [-0.39, 0.29) is 5.91 Å². The van der Waals surface area contributed by atoms with Crippen molar-refractivity contribution in [3.05, 3.63) is 22.8 Å². The lowest BCUT2D eigenvalue weighted by atomic mass is 10.2. The van der Waals surface area contributed by atoms with E-state index in [9.17, 15) is 4.79 Å². The van der Waals surface area contributed by atoms with E-state index in [1.54, 1.807) is 17.0 Å². The van der Waals surface area contributed by atoms with Crippen LogP contribution in [-0.4, -0.2) is 48.6 Å². The van der Waals surface area contributed by atoms with Crippen molar-refractivity contribution < 1.29 is 9.53 Å². The van der Waals surface area contributed by atoms with E-state index in [0.29, 0.717) is 42.8 Å². The van der Waals surface area contributed by atoms with Crippen LogP contribution in [0.25, 0.3) is 0 Å². The van der Waals surface area contributed by atoms with Crippen molar-refractivity contribution in [3.63, 3.8) is 0 Å². The zero-order chi connectivity index (χ0) is 13.0. The number of pyridine rings is 1. The molecule has 1 aromatic rings. The normalized spacial score (nSPS) is 15.6. The van der Waals surface area contributed by atoms with Crippen molar-refractivity contribution in [2.24, 2.45) is 0 Å². The highest BCUT2D eigenvalue weighted by Crippen LogP contribution is 2.16. The van der Waals surface area contributed by atoms with Gasteiger partial charge >= 0.3 is 0 Å². The SMILES string of the molecule is CCNc1cc(C(=O)N2CCOCC2)cc(Cl)n1. The number of anilines is 1. The van der Waals surface area contributed by atoms with Gasteiger partial charge in [0.05, 0.1) is 13.2 Å². The number of hydrogen-bond acceptors (Lipinski definition) is 4. The summed E-state index contributed by atoms with van der Waals surface area (Å²) in [5.74, 6) is 0.600. The summed E-state index contributed by atoms with van der Waals surface area (Å²) in [6, 6.07) is 3.33. The third-order valence-corrected chi connectivity index (χ3v) is 2.89. The summed E-state index contributed by atoms with van der Waals surface area (Å²) in [6.45, 7) is 5.12. The molecule has 5 nitrogen and oxygen atoms in total. The summed E-state index contributed by atoms with van der Waals surface area (Å²) in [7, 11) is 0. The fourth-order valence-corrected chi connectivity index (χ4v) is 2.05. The van der Waals surface area contributed by atoms with Gasteiger partial charge < -0.3 is 15.0 Å². The fourth-order valence-electron chi connectivity index (χ4n) is 1.84. The average Bonchev–Trinajstić information content (AvgIpc) is 2.38. The zero-order valence-electron chi connectivity index (χ0n) is 10.3. The van der Waals surface area contributed by atoms with Crippen molar-refractivity contribution in [1.29, 1.82) is 0 Å². The number of carbonyl (C=O) groups is 1. The molecule has 1 amide bonds. The second-order valence-corrected chi connectivity index (χ2v) is 4.39. The quantitative estimate of drug-likeness (QED) is 0.848. The van der Waals surface area contributed by atoms with Crippen LogP contribution in [0.4, 0.5) is 5.82 Å². The number of ether oxygens (including phenoxy) is 1. The van der Waals surface area contributed by atoms with Gasteiger partial charge in [-0.2, -0.15) is 0 Å². The van der Waals surface area contributed by atoms with Crippen molar-refractivity contribution in [1.82, 2.24) is 9.88 Å². The lowest BCUT2D eigenvalue weighted by Gasteiger charge is -2.27. The predicted molar refractivity (Wildman–Crippen MR) is 70.1 cm³/mol. The molecule has 0 aromatic carbocycles. The maximum Gasteiger partial charge on any atom is 0.254 e. The van der Waals surface area contributed by atoms with Gasteiger partial charge in [-0.05, 0) is 19.1 Å². The average molecular weight is 270 g/mol. The van der Waals surface area contributed by atoms with E-state index in [2.05, 4.69) is 10.3 Å². The Labute approximate surface area is 111 Å². The molecule has 0 radical (unpaired) electrons. The molecule has 0 unspecified atom stereocenters. The highest BCUT2D eigenvalue weighted by Gasteiger charge is 2.19. The van der Waals surface area contributed by atoms with Crippen molar-refractivity contribution in [2.75, 3.05) is 38.2 Å². The smallest absolute Gasteiger partial charge is 0.254 e. The van der Waals surface area contributed by atoms with Gasteiger partial charge in [-0.3, -0.25) is 4.79 Å². The van der Waals surface area contributed by atoms with E-state index in [4.69, 9.17) is 16.3 Å². The predicted octanol–water partition coefficient (Wildman–Crippen LogP) is 1.64. The van der Waals surface area contributed by atoms with Gasteiger partial charge in [0.15, 0.2) is 0 Å². The van der Waals surface area contributed by atoms with Crippen LogP contribution in [0.2, 0.25) is 5.15 Å². The molecular formula is C12H16ClN3O2. The third-order valence-electron chi connectivity index (χ3n) is 2.70. The minimum absolute atomic E-state index is 0.0262. The molecule has 1 aliphatic rings. The number of hydrogen-bond donors (Lipinski definition) is 1. The Morgan fingerprint density at radius 1 is 1.50 bits per heavy atom. The van der Waals surface area contributed by atoms with E-state index in [0.717, 1.165) is 6.54 Å². The zero-order valence-corrected chi connectivity index (χ0v) is 11.0. The Balaban J connectivity index is 2.18. The number of nitrogens with zero attached hydrogens (tertiary/aromatic N) is 2. The van der Waals surface area contributed by atoms with Gasteiger partial charge in [-0.1, -0.05) is 11.6 Å². The largest absolute Gasteiger partial charge is 0.378 e. The second-order valence-electron chi connectivity index (χ2n) is 4.00. The van der Waals surface area contributed by atoms with Gasteiger partial charge in [0.25, 0.3) is 5.91 Å². The molecule has 0 spiro atoms. The lowest BCUT2D eigenvalue weighted by Crippen LogP contribution is -2.40. The molecule has 0 atom stereocenters. The maximum atomic E-state index is 12.3. The summed E-state index contributed by atoms with van der Waals surface area (Å²) in [6.07, 6.45) is 0. The van der Waals surface area contributed by atoms with Crippen molar-refractivity contribution >= 4 is 23.3 Å². The molecule has 1 aromatic heterocycles. The molecule has 0 aliphatic carbocycles. The van der Waals surface area contributed by atoms with Crippen molar-refractivity contribution in [3.8, 4) is 0 Å². The van der Waals surface area contributed by atoms with E-state index >= 15 is 0 Å². The van der Waals surface area contributed by atoms with E-state index < -0.39 is 0 Å². The minimum Gasteiger partial charge on any atom is -0.378 e. The molecule has 1 N–H and O–H groups in total. The lowest BCUT2D eigenvalue weighted by molar-refractivity contribution is 0.0303. The summed E-state index contributed by atoms with van der Waals surface area (Å²) < 4.78 is 5.23. The number of carbonyl (C=O) groups excluding carboxylic acids is 1. The van der Waals surface area contributed by atoms with E-state index in [1.165, 1.54) is 0 Å². The van der Waals surface area contributed by atoms with Gasteiger partial charge in [0.1, 0.15) is 11.0 Å². The molecule has 1 aliphatic heterocycles. The first kappa shape index (κ1) is 13.1. The molecule has 1 fully saturated rings. The first-order valence-corrected chi connectivity index (χ1v) is 6.37. The van der Waals surface area contributed by atoms with Gasteiger partial charge in [0.2, 0.25) is 0 Å². The molecule has 0 bridgehead atoms. The van der Waals surface area contributed by atoms with Gasteiger partial charge in [0, 0.05) is 25.2 Å². The van der Waals surface area contributed by atoms with Crippen LogP contribution in [0, 0.1) is 0 Å². The number of nitrogens with one attached hydrogen (secondary N) is 1. The van der Waals surface area contributed by atoms with Crippen LogP contribution in [0.15, 0.2) is 12.1 Å². The number of halogens is 1. The fraction of sp³-hybridized carbons (Fsp3) is 0.500. The molecule has 98 valence electrons. The molecule has 2 rings (SSSR count). The monoisotopic (exact) mass is 269 g/mol. The Kier molecular flexibility index (Phi) is 4.38. The molecule has 18 heavy (non-hydrogen) atoms. The Morgan fingerprint density at radius 3 is 2.89 bits per heavy atom. The van der Waals surface area contributed by atoms with Crippen LogP contribution in [0.5, 0.6) is 0 Å². The van der Waals surface area contributed by atoms with Crippen molar-refractivity contribution in [2.45, 2.75) is 6.92 Å².